The lowest BCUT2D eigenvalue weighted by atomic mass is 9.96. The van der Waals surface area contributed by atoms with Crippen LogP contribution in [-0.4, -0.2) is 47.9 Å². The van der Waals surface area contributed by atoms with Gasteiger partial charge in [-0.1, -0.05) is 18.2 Å². The van der Waals surface area contributed by atoms with E-state index in [1.807, 2.05) is 35.2 Å². The molecule has 6 nitrogen and oxygen atoms in total. The number of hydrogen-bond donors (Lipinski definition) is 1. The molecular weight excluding hydrogens is 354 g/mol. The molecule has 0 atom stereocenters. The molecule has 1 aliphatic heterocycles. The maximum atomic E-state index is 12.4. The minimum Gasteiger partial charge on any atom is -0.494 e. The molecule has 28 heavy (non-hydrogen) atoms. The average molecular weight is 381 g/mol. The predicted octanol–water partition coefficient (Wildman–Crippen LogP) is 2.91. The Bertz CT molecular complexity index is 744. The lowest BCUT2D eigenvalue weighted by Gasteiger charge is -2.32. The van der Waals surface area contributed by atoms with Crippen molar-refractivity contribution in [3.8, 4) is 5.75 Å². The molecule has 0 aliphatic carbocycles. The highest BCUT2D eigenvalue weighted by Gasteiger charge is 2.23. The smallest absolute Gasteiger partial charge is 0.255 e. The average Bonchev–Trinajstić information content (AvgIpc) is 2.76. The molecule has 1 aromatic heterocycles. The van der Waals surface area contributed by atoms with Crippen molar-refractivity contribution in [2.24, 2.45) is 5.92 Å². The molecule has 148 valence electrons. The standard InChI is InChI=1S/C22H27N3O3/c26-21(9-5-15-28-20-7-2-1-3-8-20)24-16-18-10-13-25(14-11-18)22(27)19-6-4-12-23-17-19/h1-4,6-8,12,17-18H,5,9-11,13-16H2,(H,24,26). The van der Waals surface area contributed by atoms with Gasteiger partial charge in [-0.2, -0.15) is 0 Å². The number of likely N-dealkylation sites (tertiary alicyclic amines) is 1. The Kier molecular flexibility index (Phi) is 7.41. The zero-order valence-corrected chi connectivity index (χ0v) is 16.0. The normalized spacial score (nSPS) is 14.5. The van der Waals surface area contributed by atoms with Crippen LogP contribution in [0.15, 0.2) is 54.9 Å². The van der Waals surface area contributed by atoms with Crippen LogP contribution >= 0.6 is 0 Å². The first-order chi connectivity index (χ1) is 13.7. The summed E-state index contributed by atoms with van der Waals surface area (Å²) in [7, 11) is 0. The Balaban J connectivity index is 1.28. The van der Waals surface area contributed by atoms with E-state index in [1.165, 1.54) is 0 Å². The van der Waals surface area contributed by atoms with Gasteiger partial charge in [-0.15, -0.1) is 0 Å². The van der Waals surface area contributed by atoms with E-state index in [2.05, 4.69) is 10.3 Å². The molecule has 0 bridgehead atoms. The van der Waals surface area contributed by atoms with E-state index >= 15 is 0 Å². The second kappa shape index (κ2) is 10.4. The molecule has 0 unspecified atom stereocenters. The van der Waals surface area contributed by atoms with Crippen molar-refractivity contribution in [3.63, 3.8) is 0 Å². The van der Waals surface area contributed by atoms with Crippen LogP contribution in [0.1, 0.15) is 36.0 Å². The van der Waals surface area contributed by atoms with Crippen molar-refractivity contribution in [2.75, 3.05) is 26.2 Å². The summed E-state index contributed by atoms with van der Waals surface area (Å²) in [5.74, 6) is 1.34. The second-order valence-corrected chi connectivity index (χ2v) is 7.05. The summed E-state index contributed by atoms with van der Waals surface area (Å²) in [5.41, 5.74) is 0.631. The van der Waals surface area contributed by atoms with Crippen LogP contribution in [0.25, 0.3) is 0 Å². The molecular formula is C22H27N3O3. The number of nitrogens with one attached hydrogen (secondary N) is 1. The highest BCUT2D eigenvalue weighted by atomic mass is 16.5. The van der Waals surface area contributed by atoms with Crippen LogP contribution in [0, 0.1) is 5.92 Å². The van der Waals surface area contributed by atoms with Crippen LogP contribution in [-0.2, 0) is 4.79 Å². The lowest BCUT2D eigenvalue weighted by molar-refractivity contribution is -0.121. The summed E-state index contributed by atoms with van der Waals surface area (Å²) in [4.78, 5) is 30.3. The fourth-order valence-electron chi connectivity index (χ4n) is 3.30. The summed E-state index contributed by atoms with van der Waals surface area (Å²) in [6, 6.07) is 13.2. The number of pyridine rings is 1. The van der Waals surface area contributed by atoms with Gasteiger partial charge >= 0.3 is 0 Å². The number of amides is 2. The molecule has 6 heteroatoms. The summed E-state index contributed by atoms with van der Waals surface area (Å²) in [6.07, 6.45) is 6.24. The Morgan fingerprint density at radius 2 is 1.89 bits per heavy atom. The monoisotopic (exact) mass is 381 g/mol. The lowest BCUT2D eigenvalue weighted by Crippen LogP contribution is -2.41. The quantitative estimate of drug-likeness (QED) is 0.714. The van der Waals surface area contributed by atoms with Crippen LogP contribution in [0.5, 0.6) is 5.75 Å². The molecule has 1 fully saturated rings. The molecule has 0 radical (unpaired) electrons. The molecule has 2 amide bonds. The largest absolute Gasteiger partial charge is 0.494 e. The van der Waals surface area contributed by atoms with Crippen LogP contribution in [0.2, 0.25) is 0 Å². The van der Waals surface area contributed by atoms with Crippen molar-refractivity contribution in [3.05, 3.63) is 60.4 Å². The highest BCUT2D eigenvalue weighted by molar-refractivity contribution is 5.93. The molecule has 1 aromatic carbocycles. The Morgan fingerprint density at radius 3 is 2.61 bits per heavy atom. The van der Waals surface area contributed by atoms with Gasteiger partial charge in [0.25, 0.3) is 5.91 Å². The van der Waals surface area contributed by atoms with Crippen molar-refractivity contribution >= 4 is 11.8 Å². The first-order valence-corrected chi connectivity index (χ1v) is 9.86. The third kappa shape index (κ3) is 6.08. The van der Waals surface area contributed by atoms with Gasteiger partial charge in [-0.3, -0.25) is 14.6 Å². The van der Waals surface area contributed by atoms with Gasteiger partial charge < -0.3 is 15.0 Å². The van der Waals surface area contributed by atoms with E-state index in [1.54, 1.807) is 24.5 Å². The fourth-order valence-corrected chi connectivity index (χ4v) is 3.30. The Hall–Kier alpha value is -2.89. The topological polar surface area (TPSA) is 71.5 Å². The molecule has 3 rings (SSSR count). The van der Waals surface area contributed by atoms with Crippen LogP contribution in [0.3, 0.4) is 0 Å². The van der Waals surface area contributed by atoms with Gasteiger partial charge in [-0.25, -0.2) is 0 Å². The van der Waals surface area contributed by atoms with Gasteiger partial charge in [0, 0.05) is 38.4 Å². The predicted molar refractivity (Wildman–Crippen MR) is 107 cm³/mol. The van der Waals surface area contributed by atoms with E-state index in [-0.39, 0.29) is 11.8 Å². The maximum Gasteiger partial charge on any atom is 0.255 e. The maximum absolute atomic E-state index is 12.4. The Labute approximate surface area is 165 Å². The summed E-state index contributed by atoms with van der Waals surface area (Å²) >= 11 is 0. The van der Waals surface area contributed by atoms with Gasteiger partial charge in [0.2, 0.25) is 5.91 Å². The molecule has 1 aliphatic rings. The van der Waals surface area contributed by atoms with Crippen molar-refractivity contribution in [2.45, 2.75) is 25.7 Å². The van der Waals surface area contributed by atoms with E-state index in [4.69, 9.17) is 4.74 Å². The number of rotatable bonds is 8. The second-order valence-electron chi connectivity index (χ2n) is 7.05. The van der Waals surface area contributed by atoms with E-state index in [9.17, 15) is 9.59 Å². The SMILES string of the molecule is O=C(CCCOc1ccccc1)NCC1CCN(C(=O)c2cccnc2)CC1. The van der Waals surface area contributed by atoms with Crippen molar-refractivity contribution in [1.82, 2.24) is 15.2 Å². The number of benzene rings is 1. The van der Waals surface area contributed by atoms with Crippen LogP contribution < -0.4 is 10.1 Å². The number of carbonyl (C=O) groups excluding carboxylic acids is 2. The zero-order chi connectivity index (χ0) is 19.6. The molecule has 2 aromatic rings. The summed E-state index contributed by atoms with van der Waals surface area (Å²) < 4.78 is 5.60. The Morgan fingerprint density at radius 1 is 1.11 bits per heavy atom. The third-order valence-electron chi connectivity index (χ3n) is 4.96. The molecule has 2 heterocycles. The minimum absolute atomic E-state index is 0.0361. The van der Waals surface area contributed by atoms with E-state index in [0.717, 1.165) is 31.7 Å². The zero-order valence-electron chi connectivity index (χ0n) is 16.0. The summed E-state index contributed by atoms with van der Waals surface area (Å²) in [5, 5.41) is 3.02. The number of aromatic nitrogens is 1. The number of nitrogens with zero attached hydrogens (tertiary/aromatic N) is 2. The fraction of sp³-hybridized carbons (Fsp3) is 0.409. The minimum atomic E-state index is 0.0361. The first-order valence-electron chi connectivity index (χ1n) is 9.86. The molecule has 0 spiro atoms. The summed E-state index contributed by atoms with van der Waals surface area (Å²) in [6.45, 7) is 2.65. The van der Waals surface area contributed by atoms with Gasteiger partial charge in [0.05, 0.1) is 12.2 Å². The van der Waals surface area contributed by atoms with E-state index in [0.29, 0.717) is 37.5 Å². The van der Waals surface area contributed by atoms with Gasteiger partial charge in [-0.05, 0) is 49.4 Å². The highest BCUT2D eigenvalue weighted by Crippen LogP contribution is 2.18. The number of ether oxygens (including phenoxy) is 1. The van der Waals surface area contributed by atoms with E-state index < -0.39 is 0 Å². The molecule has 1 saturated heterocycles. The van der Waals surface area contributed by atoms with Crippen LogP contribution in [0.4, 0.5) is 0 Å². The first kappa shape index (κ1) is 19.9. The molecule has 1 N–H and O–H groups in total. The van der Waals surface area contributed by atoms with Crippen molar-refractivity contribution < 1.29 is 14.3 Å². The number of carbonyl (C=O) groups is 2. The van der Waals surface area contributed by atoms with Gasteiger partial charge in [0.1, 0.15) is 5.75 Å². The van der Waals surface area contributed by atoms with Gasteiger partial charge in [0.15, 0.2) is 0 Å². The number of hydrogen-bond acceptors (Lipinski definition) is 4. The van der Waals surface area contributed by atoms with Crippen molar-refractivity contribution in [1.29, 1.82) is 0 Å². The third-order valence-corrected chi connectivity index (χ3v) is 4.96. The molecule has 0 saturated carbocycles. The number of para-hydroxylation sites is 1. The number of piperidine rings is 1.